The monoisotopic (exact) mass is 260 g/mol. The van der Waals surface area contributed by atoms with Gasteiger partial charge in [0, 0.05) is 6.20 Å². The lowest BCUT2D eigenvalue weighted by Gasteiger charge is -2.02. The van der Waals surface area contributed by atoms with E-state index in [0.29, 0.717) is 19.9 Å². The van der Waals surface area contributed by atoms with E-state index in [9.17, 15) is 0 Å². The van der Waals surface area contributed by atoms with Gasteiger partial charge in [-0.3, -0.25) is 0 Å². The summed E-state index contributed by atoms with van der Waals surface area (Å²) in [4.78, 5) is 0. The third-order valence-corrected chi connectivity index (χ3v) is 3.00. The number of aryl methyl sites for hydroxylation is 1. The molecule has 6 heteroatoms. The molecule has 0 unspecified atom stereocenters. The van der Waals surface area contributed by atoms with Crippen LogP contribution in [0, 0.1) is 0 Å². The molecule has 2 aromatic rings. The van der Waals surface area contributed by atoms with Crippen LogP contribution in [0.25, 0.3) is 0 Å². The fraction of sp³-hybridized carbons (Fsp3) is 0.385. The third-order valence-electron chi connectivity index (χ3n) is 3.00. The van der Waals surface area contributed by atoms with E-state index in [1.807, 2.05) is 29.1 Å². The number of nitrogens with zero attached hydrogens (tertiary/aromatic N) is 3. The summed E-state index contributed by atoms with van der Waals surface area (Å²) >= 11 is 0. The van der Waals surface area contributed by atoms with Gasteiger partial charge in [-0.15, -0.1) is 5.10 Å². The summed E-state index contributed by atoms with van der Waals surface area (Å²) in [6.07, 6.45) is 3.76. The molecule has 0 radical (unpaired) electrons. The summed E-state index contributed by atoms with van der Waals surface area (Å²) in [5.41, 5.74) is 7.57. The van der Waals surface area contributed by atoms with Gasteiger partial charge in [0.2, 0.25) is 6.79 Å². The Bertz CT molecular complexity index is 568. The van der Waals surface area contributed by atoms with Crippen LogP contribution in [0.15, 0.2) is 24.4 Å². The quantitative estimate of drug-likeness (QED) is 0.866. The SMILES string of the molecule is NCCCc1cn(Cc2ccc3c(c2)OCO3)nn1. The van der Waals surface area contributed by atoms with E-state index >= 15 is 0 Å². The molecule has 3 rings (SSSR count). The van der Waals surface area contributed by atoms with E-state index in [1.165, 1.54) is 0 Å². The van der Waals surface area contributed by atoms with Crippen LogP contribution in [0.5, 0.6) is 11.5 Å². The molecule has 0 aliphatic carbocycles. The molecular weight excluding hydrogens is 244 g/mol. The molecule has 0 saturated carbocycles. The highest BCUT2D eigenvalue weighted by atomic mass is 16.7. The number of benzene rings is 1. The highest BCUT2D eigenvalue weighted by molar-refractivity contribution is 5.44. The van der Waals surface area contributed by atoms with Crippen LogP contribution in [-0.2, 0) is 13.0 Å². The van der Waals surface area contributed by atoms with Crippen LogP contribution in [0.4, 0.5) is 0 Å². The molecule has 0 bridgehead atoms. The van der Waals surface area contributed by atoms with Crippen molar-refractivity contribution in [3.63, 3.8) is 0 Å². The van der Waals surface area contributed by atoms with E-state index in [0.717, 1.165) is 35.6 Å². The molecule has 2 N–H and O–H groups in total. The molecule has 0 amide bonds. The van der Waals surface area contributed by atoms with Crippen molar-refractivity contribution in [3.05, 3.63) is 35.7 Å². The molecule has 1 aromatic heterocycles. The van der Waals surface area contributed by atoms with Gasteiger partial charge in [0.15, 0.2) is 11.5 Å². The Balaban J connectivity index is 1.69. The lowest BCUT2D eigenvalue weighted by Crippen LogP contribution is -2.01. The Kier molecular flexibility index (Phi) is 3.33. The van der Waals surface area contributed by atoms with Gasteiger partial charge in [-0.05, 0) is 37.1 Å². The van der Waals surface area contributed by atoms with Crippen molar-refractivity contribution in [1.82, 2.24) is 15.0 Å². The van der Waals surface area contributed by atoms with Crippen LogP contribution < -0.4 is 15.2 Å². The number of ether oxygens (including phenoxy) is 2. The number of aromatic nitrogens is 3. The van der Waals surface area contributed by atoms with Crippen LogP contribution in [-0.4, -0.2) is 28.3 Å². The van der Waals surface area contributed by atoms with Crippen molar-refractivity contribution < 1.29 is 9.47 Å². The molecular formula is C13H16N4O2. The van der Waals surface area contributed by atoms with Gasteiger partial charge in [0.1, 0.15) is 0 Å². The van der Waals surface area contributed by atoms with Gasteiger partial charge >= 0.3 is 0 Å². The number of fused-ring (bicyclic) bond motifs is 1. The second-order valence-electron chi connectivity index (χ2n) is 4.49. The largest absolute Gasteiger partial charge is 0.454 e. The van der Waals surface area contributed by atoms with E-state index < -0.39 is 0 Å². The predicted molar refractivity (Wildman–Crippen MR) is 69.1 cm³/mol. The first kappa shape index (κ1) is 12.0. The minimum absolute atomic E-state index is 0.297. The van der Waals surface area contributed by atoms with Crippen molar-refractivity contribution >= 4 is 0 Å². The summed E-state index contributed by atoms with van der Waals surface area (Å²) in [6, 6.07) is 5.91. The van der Waals surface area contributed by atoms with Crippen LogP contribution in [0.2, 0.25) is 0 Å². The van der Waals surface area contributed by atoms with Gasteiger partial charge in [-0.25, -0.2) is 4.68 Å². The number of nitrogens with two attached hydrogens (primary N) is 1. The zero-order valence-corrected chi connectivity index (χ0v) is 10.6. The molecule has 0 atom stereocenters. The van der Waals surface area contributed by atoms with Crippen molar-refractivity contribution in [1.29, 1.82) is 0 Å². The lowest BCUT2D eigenvalue weighted by atomic mass is 10.2. The highest BCUT2D eigenvalue weighted by Gasteiger charge is 2.13. The molecule has 0 fully saturated rings. The van der Waals surface area contributed by atoms with E-state index in [2.05, 4.69) is 10.3 Å². The van der Waals surface area contributed by atoms with Crippen molar-refractivity contribution in [2.24, 2.45) is 5.73 Å². The average Bonchev–Trinajstić information content (AvgIpc) is 3.05. The van der Waals surface area contributed by atoms with Gasteiger partial charge < -0.3 is 15.2 Å². The Labute approximate surface area is 111 Å². The number of hydrogen-bond donors (Lipinski definition) is 1. The number of rotatable bonds is 5. The van der Waals surface area contributed by atoms with E-state index in [-0.39, 0.29) is 0 Å². The first-order valence-electron chi connectivity index (χ1n) is 6.33. The second-order valence-corrected chi connectivity index (χ2v) is 4.49. The predicted octanol–water partition coefficient (Wildman–Crippen LogP) is 0.946. The fourth-order valence-corrected chi connectivity index (χ4v) is 2.04. The molecule has 1 aromatic carbocycles. The summed E-state index contributed by atoms with van der Waals surface area (Å²) in [7, 11) is 0. The molecule has 1 aliphatic rings. The maximum absolute atomic E-state index is 5.48. The first-order valence-corrected chi connectivity index (χ1v) is 6.33. The minimum Gasteiger partial charge on any atom is -0.454 e. The van der Waals surface area contributed by atoms with Crippen LogP contribution in [0.1, 0.15) is 17.7 Å². The summed E-state index contributed by atoms with van der Waals surface area (Å²) in [5.74, 6) is 1.59. The third kappa shape index (κ3) is 2.68. The van der Waals surface area contributed by atoms with Gasteiger partial charge in [0.25, 0.3) is 0 Å². The topological polar surface area (TPSA) is 75.2 Å². The molecule has 0 spiro atoms. The summed E-state index contributed by atoms with van der Waals surface area (Å²) in [6.45, 7) is 1.65. The van der Waals surface area contributed by atoms with Crippen molar-refractivity contribution in [2.45, 2.75) is 19.4 Å². The maximum Gasteiger partial charge on any atom is 0.231 e. The zero-order chi connectivity index (χ0) is 13.1. The number of hydrogen-bond acceptors (Lipinski definition) is 5. The molecule has 0 saturated heterocycles. The highest BCUT2D eigenvalue weighted by Crippen LogP contribution is 2.32. The zero-order valence-electron chi connectivity index (χ0n) is 10.6. The maximum atomic E-state index is 5.48. The minimum atomic E-state index is 0.297. The normalized spacial score (nSPS) is 12.9. The molecule has 2 heterocycles. The average molecular weight is 260 g/mol. The Morgan fingerprint density at radius 1 is 1.26 bits per heavy atom. The van der Waals surface area contributed by atoms with Gasteiger partial charge in [0.05, 0.1) is 12.2 Å². The Morgan fingerprint density at radius 3 is 3.05 bits per heavy atom. The molecule has 6 nitrogen and oxygen atoms in total. The molecule has 1 aliphatic heterocycles. The Morgan fingerprint density at radius 2 is 2.16 bits per heavy atom. The molecule has 100 valence electrons. The standard InChI is InChI=1S/C13H16N4O2/c14-5-1-2-11-8-17(16-15-11)7-10-3-4-12-13(6-10)19-9-18-12/h3-4,6,8H,1-2,5,7,9,14H2. The second kappa shape index (κ2) is 5.27. The van der Waals surface area contributed by atoms with Crippen LogP contribution in [0.3, 0.4) is 0 Å². The summed E-state index contributed by atoms with van der Waals surface area (Å²) < 4.78 is 12.5. The lowest BCUT2D eigenvalue weighted by molar-refractivity contribution is 0.174. The van der Waals surface area contributed by atoms with Crippen LogP contribution >= 0.6 is 0 Å². The summed E-state index contributed by atoms with van der Waals surface area (Å²) in [5, 5.41) is 8.24. The van der Waals surface area contributed by atoms with E-state index in [1.54, 1.807) is 0 Å². The van der Waals surface area contributed by atoms with Gasteiger partial charge in [-0.2, -0.15) is 0 Å². The molecule has 19 heavy (non-hydrogen) atoms. The first-order chi connectivity index (χ1) is 9.35. The smallest absolute Gasteiger partial charge is 0.231 e. The van der Waals surface area contributed by atoms with E-state index in [4.69, 9.17) is 15.2 Å². The Hall–Kier alpha value is -2.08. The van der Waals surface area contributed by atoms with Crippen molar-refractivity contribution in [2.75, 3.05) is 13.3 Å². The van der Waals surface area contributed by atoms with Gasteiger partial charge in [-0.1, -0.05) is 11.3 Å². The fourth-order valence-electron chi connectivity index (χ4n) is 2.04. The van der Waals surface area contributed by atoms with Crippen molar-refractivity contribution in [3.8, 4) is 11.5 Å².